The molecule has 0 N–H and O–H groups in total. The third-order valence-electron chi connectivity index (χ3n) is 0.434. The highest BCUT2D eigenvalue weighted by molar-refractivity contribution is 7.81. The quantitative estimate of drug-likeness (QED) is 0.508. The van der Waals surface area contributed by atoms with Gasteiger partial charge < -0.3 is 0 Å². The van der Waals surface area contributed by atoms with Crippen LogP contribution in [0.1, 0.15) is 6.42 Å². The molecule has 2 nitrogen and oxygen atoms in total. The van der Waals surface area contributed by atoms with E-state index in [1.807, 2.05) is 12.1 Å². The van der Waals surface area contributed by atoms with Crippen molar-refractivity contribution < 1.29 is 0 Å². The summed E-state index contributed by atoms with van der Waals surface area (Å²) in [4.78, 5) is 0. The summed E-state index contributed by atoms with van der Waals surface area (Å²) in [6, 6.07) is 3.63. The van der Waals surface area contributed by atoms with Crippen molar-refractivity contribution in [2.45, 2.75) is 11.7 Å². The second kappa shape index (κ2) is 3.52. The van der Waals surface area contributed by atoms with E-state index in [2.05, 4.69) is 12.6 Å². The fourth-order valence-corrected chi connectivity index (χ4v) is 0.214. The Morgan fingerprint density at radius 3 is 2.29 bits per heavy atom. The molecule has 3 heteroatoms. The minimum atomic E-state index is -0.412. The summed E-state index contributed by atoms with van der Waals surface area (Å²) in [5, 5.41) is 15.5. The molecule has 0 aromatic carbocycles. The normalized spacial score (nSPS) is 11.3. The van der Waals surface area contributed by atoms with Gasteiger partial charge in [0.1, 0.15) is 5.25 Å². The predicted octanol–water partition coefficient (Wildman–Crippen LogP) is 0.722. The monoisotopic (exact) mass is 112 g/mol. The molecule has 0 aromatic rings. The predicted molar refractivity (Wildman–Crippen MR) is 28.6 cm³/mol. The Morgan fingerprint density at radius 2 is 2.14 bits per heavy atom. The van der Waals surface area contributed by atoms with Crippen molar-refractivity contribution in [3.8, 4) is 12.1 Å². The Kier molecular flexibility index (Phi) is 3.18. The molecule has 0 radical (unpaired) electrons. The number of nitriles is 2. The summed E-state index contributed by atoms with van der Waals surface area (Å²) >= 11 is 3.73. The molecule has 0 bridgehead atoms. The van der Waals surface area contributed by atoms with Crippen molar-refractivity contribution in [3.63, 3.8) is 0 Å². The van der Waals surface area contributed by atoms with Crippen LogP contribution in [0.15, 0.2) is 0 Å². The first kappa shape index (κ1) is 6.33. The van der Waals surface area contributed by atoms with Crippen LogP contribution in [0.3, 0.4) is 0 Å². The van der Waals surface area contributed by atoms with Gasteiger partial charge in [0.2, 0.25) is 0 Å². The van der Waals surface area contributed by atoms with Gasteiger partial charge in [0.25, 0.3) is 0 Å². The maximum atomic E-state index is 7.99. The fraction of sp³-hybridized carbons (Fsp3) is 0.500. The SMILES string of the molecule is N#CCC(S)C#N. The van der Waals surface area contributed by atoms with Crippen LogP contribution in [0.4, 0.5) is 0 Å². The molecule has 0 aliphatic rings. The van der Waals surface area contributed by atoms with Crippen LogP contribution in [0.25, 0.3) is 0 Å². The van der Waals surface area contributed by atoms with Crippen molar-refractivity contribution >= 4 is 12.6 Å². The Bertz CT molecular complexity index is 119. The zero-order chi connectivity index (χ0) is 5.70. The number of thiol groups is 1. The first-order valence-electron chi connectivity index (χ1n) is 1.76. The highest BCUT2D eigenvalue weighted by Gasteiger charge is 1.94. The van der Waals surface area contributed by atoms with Crippen LogP contribution in [0.2, 0.25) is 0 Å². The highest BCUT2D eigenvalue weighted by atomic mass is 32.1. The van der Waals surface area contributed by atoms with Crippen LogP contribution >= 0.6 is 12.6 Å². The average Bonchev–Trinajstić information content (AvgIpc) is 1.68. The fourth-order valence-electron chi connectivity index (χ4n) is 0.132. The van der Waals surface area contributed by atoms with Gasteiger partial charge in [0, 0.05) is 0 Å². The van der Waals surface area contributed by atoms with Crippen LogP contribution in [-0.4, -0.2) is 5.25 Å². The Labute approximate surface area is 47.8 Å². The second-order valence-electron chi connectivity index (χ2n) is 1.01. The van der Waals surface area contributed by atoms with E-state index in [-0.39, 0.29) is 6.42 Å². The Hall–Kier alpha value is -0.670. The van der Waals surface area contributed by atoms with E-state index >= 15 is 0 Å². The molecular weight excluding hydrogens is 108 g/mol. The molecule has 1 unspecified atom stereocenters. The van der Waals surface area contributed by atoms with Crippen LogP contribution in [0, 0.1) is 22.7 Å². The zero-order valence-electron chi connectivity index (χ0n) is 3.63. The molecule has 7 heavy (non-hydrogen) atoms. The van der Waals surface area contributed by atoms with Gasteiger partial charge in [-0.15, -0.1) is 0 Å². The van der Waals surface area contributed by atoms with E-state index in [9.17, 15) is 0 Å². The minimum absolute atomic E-state index is 0.208. The third-order valence-corrected chi connectivity index (χ3v) is 0.732. The van der Waals surface area contributed by atoms with Crippen LogP contribution in [-0.2, 0) is 0 Å². The molecule has 0 saturated heterocycles. The molecule has 0 amide bonds. The summed E-state index contributed by atoms with van der Waals surface area (Å²) in [5.74, 6) is 0. The summed E-state index contributed by atoms with van der Waals surface area (Å²) in [7, 11) is 0. The van der Waals surface area contributed by atoms with Gasteiger partial charge in [-0.3, -0.25) is 0 Å². The summed E-state index contributed by atoms with van der Waals surface area (Å²) < 4.78 is 0. The van der Waals surface area contributed by atoms with Crippen LogP contribution in [0.5, 0.6) is 0 Å². The standard InChI is InChI=1S/C4H4N2S/c5-2-1-4(7)3-6/h4,7H,1H2. The van der Waals surface area contributed by atoms with Gasteiger partial charge in [0.05, 0.1) is 18.6 Å². The molecule has 36 valence electrons. The zero-order valence-corrected chi connectivity index (χ0v) is 4.52. The molecule has 0 heterocycles. The number of hydrogen-bond donors (Lipinski definition) is 1. The van der Waals surface area contributed by atoms with Gasteiger partial charge in [-0.2, -0.15) is 23.2 Å². The Balaban J connectivity index is 3.27. The van der Waals surface area contributed by atoms with E-state index in [1.165, 1.54) is 0 Å². The number of nitrogens with zero attached hydrogens (tertiary/aromatic N) is 2. The number of hydrogen-bond acceptors (Lipinski definition) is 3. The molecule has 0 saturated carbocycles. The molecule has 0 aliphatic heterocycles. The second-order valence-corrected chi connectivity index (χ2v) is 1.63. The van der Waals surface area contributed by atoms with Crippen LogP contribution < -0.4 is 0 Å². The third kappa shape index (κ3) is 3.15. The molecule has 0 fully saturated rings. The van der Waals surface area contributed by atoms with E-state index in [4.69, 9.17) is 10.5 Å². The van der Waals surface area contributed by atoms with Gasteiger partial charge in [0.15, 0.2) is 0 Å². The van der Waals surface area contributed by atoms with Gasteiger partial charge in [-0.1, -0.05) is 0 Å². The first-order chi connectivity index (χ1) is 3.31. The molecule has 0 spiro atoms. The molecule has 0 aliphatic carbocycles. The molecule has 1 atom stereocenters. The lowest BCUT2D eigenvalue weighted by Gasteiger charge is -1.84. The minimum Gasteiger partial charge on any atom is -0.198 e. The van der Waals surface area contributed by atoms with E-state index in [0.717, 1.165) is 0 Å². The molecule has 0 aromatic heterocycles. The largest absolute Gasteiger partial charge is 0.198 e. The smallest absolute Gasteiger partial charge is 0.102 e. The van der Waals surface area contributed by atoms with E-state index < -0.39 is 5.25 Å². The van der Waals surface area contributed by atoms with Crippen molar-refractivity contribution in [1.29, 1.82) is 10.5 Å². The highest BCUT2D eigenvalue weighted by Crippen LogP contribution is 1.95. The molecule has 0 rings (SSSR count). The van der Waals surface area contributed by atoms with Crippen molar-refractivity contribution in [1.82, 2.24) is 0 Å². The van der Waals surface area contributed by atoms with Crippen molar-refractivity contribution in [3.05, 3.63) is 0 Å². The van der Waals surface area contributed by atoms with Gasteiger partial charge >= 0.3 is 0 Å². The van der Waals surface area contributed by atoms with Gasteiger partial charge in [-0.25, -0.2) is 0 Å². The first-order valence-corrected chi connectivity index (χ1v) is 2.27. The maximum absolute atomic E-state index is 7.99. The van der Waals surface area contributed by atoms with E-state index in [1.54, 1.807) is 0 Å². The van der Waals surface area contributed by atoms with Gasteiger partial charge in [-0.05, 0) is 0 Å². The van der Waals surface area contributed by atoms with E-state index in [0.29, 0.717) is 0 Å². The van der Waals surface area contributed by atoms with Crippen molar-refractivity contribution in [2.24, 2.45) is 0 Å². The maximum Gasteiger partial charge on any atom is 0.102 e. The topological polar surface area (TPSA) is 47.6 Å². The van der Waals surface area contributed by atoms with Crippen molar-refractivity contribution in [2.75, 3.05) is 0 Å². The average molecular weight is 112 g/mol. The lowest BCUT2D eigenvalue weighted by atomic mass is 10.4. The number of rotatable bonds is 1. The lowest BCUT2D eigenvalue weighted by Crippen LogP contribution is -1.88. The summed E-state index contributed by atoms with van der Waals surface area (Å²) in [6.07, 6.45) is 0.208. The Morgan fingerprint density at radius 1 is 1.57 bits per heavy atom. The summed E-state index contributed by atoms with van der Waals surface area (Å²) in [6.45, 7) is 0. The summed E-state index contributed by atoms with van der Waals surface area (Å²) in [5.41, 5.74) is 0. The lowest BCUT2D eigenvalue weighted by molar-refractivity contribution is 1.10. The molecular formula is C4H4N2S.